The topological polar surface area (TPSA) is 93.5 Å². The zero-order chi connectivity index (χ0) is 24.8. The smallest absolute Gasteiger partial charge is 0.288 e. The van der Waals surface area contributed by atoms with E-state index >= 15 is 0 Å². The molecule has 2 amide bonds. The molecule has 4 saturated carbocycles. The lowest BCUT2D eigenvalue weighted by Crippen LogP contribution is -2.53. The van der Waals surface area contributed by atoms with Crippen LogP contribution in [0.15, 0.2) is 28.8 Å². The number of halogens is 4. The Labute approximate surface area is 204 Å². The maximum absolute atomic E-state index is 13.5. The summed E-state index contributed by atoms with van der Waals surface area (Å²) in [6, 6.07) is 3.83. The molecule has 7 nitrogen and oxygen atoms in total. The summed E-state index contributed by atoms with van der Waals surface area (Å²) in [5.41, 5.74) is -0.409. The van der Waals surface area contributed by atoms with Crippen molar-refractivity contribution >= 4 is 23.4 Å². The normalized spacial score (nSPS) is 27.2. The molecule has 2 N–H and O–H groups in total. The van der Waals surface area contributed by atoms with Gasteiger partial charge in [0, 0.05) is 36.4 Å². The Hall–Kier alpha value is -2.75. The molecule has 4 aliphatic rings. The number of oxazole rings is 1. The zero-order valence-electron chi connectivity index (χ0n) is 18.8. The van der Waals surface area contributed by atoms with E-state index in [1.165, 1.54) is 18.3 Å². The van der Waals surface area contributed by atoms with Gasteiger partial charge < -0.3 is 19.8 Å². The van der Waals surface area contributed by atoms with Crippen molar-refractivity contribution in [3.63, 3.8) is 0 Å². The van der Waals surface area contributed by atoms with Gasteiger partial charge in [0.1, 0.15) is 11.6 Å². The lowest BCUT2D eigenvalue weighted by atomic mass is 9.76. The monoisotopic (exact) mass is 511 g/mol. The molecule has 1 aromatic heterocycles. The second kappa shape index (κ2) is 9.04. The SMILES string of the molecule is O=C(COc1ccc(Cl)c(F)c1)NC12CC(C1)[C@H](NC(=O)c1cnc(C3CCC(F)(F)CC3)o1)C2. The third kappa shape index (κ3) is 5.12. The Balaban J connectivity index is 1.10. The largest absolute Gasteiger partial charge is 0.484 e. The first kappa shape index (κ1) is 24.0. The maximum atomic E-state index is 13.5. The van der Waals surface area contributed by atoms with Crippen molar-refractivity contribution in [3.05, 3.63) is 46.9 Å². The number of amides is 2. The van der Waals surface area contributed by atoms with Crippen LogP contribution in [0.25, 0.3) is 0 Å². The van der Waals surface area contributed by atoms with Gasteiger partial charge in [-0.1, -0.05) is 11.6 Å². The van der Waals surface area contributed by atoms with Crippen molar-refractivity contribution in [2.75, 3.05) is 6.61 Å². The number of nitrogens with zero attached hydrogens (tertiary/aromatic N) is 1. The predicted molar refractivity (Wildman–Crippen MR) is 119 cm³/mol. The van der Waals surface area contributed by atoms with Gasteiger partial charge in [-0.15, -0.1) is 0 Å². The van der Waals surface area contributed by atoms with Gasteiger partial charge in [-0.2, -0.15) is 0 Å². The van der Waals surface area contributed by atoms with E-state index in [9.17, 15) is 22.8 Å². The van der Waals surface area contributed by atoms with Crippen LogP contribution in [0.3, 0.4) is 0 Å². The van der Waals surface area contributed by atoms with Gasteiger partial charge in [0.05, 0.1) is 11.2 Å². The fraction of sp³-hybridized carbons (Fsp3) is 0.542. The number of rotatable bonds is 7. The van der Waals surface area contributed by atoms with Crippen molar-refractivity contribution in [1.29, 1.82) is 0 Å². The zero-order valence-corrected chi connectivity index (χ0v) is 19.5. The number of carbonyl (C=O) groups excluding carboxylic acids is 2. The summed E-state index contributed by atoms with van der Waals surface area (Å²) in [4.78, 5) is 29.2. The highest BCUT2D eigenvalue weighted by atomic mass is 35.5. The number of hydrogen-bond acceptors (Lipinski definition) is 5. The molecule has 4 fully saturated rings. The Morgan fingerprint density at radius 3 is 2.66 bits per heavy atom. The molecule has 0 aliphatic heterocycles. The Morgan fingerprint density at radius 2 is 1.94 bits per heavy atom. The summed E-state index contributed by atoms with van der Waals surface area (Å²) in [7, 11) is 0. The van der Waals surface area contributed by atoms with E-state index in [2.05, 4.69) is 15.6 Å². The van der Waals surface area contributed by atoms with E-state index in [0.717, 1.165) is 18.9 Å². The number of benzene rings is 1. The first-order chi connectivity index (χ1) is 16.6. The summed E-state index contributed by atoms with van der Waals surface area (Å²) in [5, 5.41) is 5.91. The summed E-state index contributed by atoms with van der Waals surface area (Å²) < 4.78 is 51.2. The number of aromatic nitrogens is 1. The van der Waals surface area contributed by atoms with Crippen LogP contribution in [0.4, 0.5) is 13.2 Å². The third-order valence-corrected chi connectivity index (χ3v) is 7.59. The molecule has 35 heavy (non-hydrogen) atoms. The Bertz CT molecular complexity index is 1120. The molecule has 0 spiro atoms. The third-order valence-electron chi connectivity index (χ3n) is 7.28. The molecular weight excluding hydrogens is 487 g/mol. The minimum Gasteiger partial charge on any atom is -0.484 e. The van der Waals surface area contributed by atoms with Gasteiger partial charge in [-0.05, 0) is 50.2 Å². The van der Waals surface area contributed by atoms with Crippen LogP contribution in [0.1, 0.15) is 67.3 Å². The lowest BCUT2D eigenvalue weighted by molar-refractivity contribution is -0.125. The maximum Gasteiger partial charge on any atom is 0.288 e. The number of hydrogen-bond donors (Lipinski definition) is 2. The van der Waals surface area contributed by atoms with Crippen LogP contribution in [0, 0.1) is 11.7 Å². The van der Waals surface area contributed by atoms with Crippen molar-refractivity contribution in [3.8, 4) is 5.75 Å². The van der Waals surface area contributed by atoms with E-state index in [1.54, 1.807) is 0 Å². The van der Waals surface area contributed by atoms with Crippen molar-refractivity contribution in [2.24, 2.45) is 5.92 Å². The second-order valence-corrected chi connectivity index (χ2v) is 10.2. The van der Waals surface area contributed by atoms with Crippen LogP contribution in [-0.4, -0.2) is 40.9 Å². The summed E-state index contributed by atoms with van der Waals surface area (Å²) in [5.74, 6) is -3.39. The molecule has 1 atom stereocenters. The van der Waals surface area contributed by atoms with Crippen LogP contribution in [0.2, 0.25) is 5.02 Å². The number of ether oxygens (including phenoxy) is 1. The number of nitrogens with one attached hydrogen (secondary N) is 2. The second-order valence-electron chi connectivity index (χ2n) is 9.84. The molecule has 0 saturated heterocycles. The Morgan fingerprint density at radius 1 is 1.20 bits per heavy atom. The highest BCUT2D eigenvalue weighted by Gasteiger charge is 2.57. The number of fused-ring (bicyclic) bond motifs is 1. The van der Waals surface area contributed by atoms with Crippen LogP contribution in [0.5, 0.6) is 5.75 Å². The molecule has 0 unspecified atom stereocenters. The number of carbonyl (C=O) groups is 2. The van der Waals surface area contributed by atoms with Crippen LogP contribution < -0.4 is 15.4 Å². The van der Waals surface area contributed by atoms with E-state index in [0.29, 0.717) is 12.3 Å². The van der Waals surface area contributed by atoms with Gasteiger partial charge >= 0.3 is 0 Å². The molecule has 6 rings (SSSR count). The molecule has 2 aromatic rings. The van der Waals surface area contributed by atoms with E-state index in [4.69, 9.17) is 20.8 Å². The van der Waals surface area contributed by atoms with E-state index in [-0.39, 0.29) is 72.6 Å². The first-order valence-electron chi connectivity index (χ1n) is 11.6. The van der Waals surface area contributed by atoms with Crippen LogP contribution >= 0.6 is 11.6 Å². The fourth-order valence-electron chi connectivity index (χ4n) is 5.46. The minimum atomic E-state index is -2.64. The van der Waals surface area contributed by atoms with Gasteiger partial charge in [-0.3, -0.25) is 9.59 Å². The van der Waals surface area contributed by atoms with Gasteiger partial charge in [0.15, 0.2) is 12.5 Å². The summed E-state index contributed by atoms with van der Waals surface area (Å²) in [6.07, 6.45) is 3.51. The van der Waals surface area contributed by atoms with E-state index < -0.39 is 23.2 Å². The average Bonchev–Trinajstić information content (AvgIpc) is 3.48. The van der Waals surface area contributed by atoms with Gasteiger partial charge in [0.25, 0.3) is 11.8 Å². The molecule has 2 bridgehead atoms. The Kier molecular flexibility index (Phi) is 6.19. The standard InChI is InChI=1S/C24H25ClF3N3O4/c25-16-2-1-15(7-17(16)26)34-12-20(32)31-23-8-14(9-23)18(10-23)30-21(33)19-11-29-22(35-19)13-3-5-24(27,28)6-4-13/h1-2,7,11,13-14,18H,3-6,8-10,12H2,(H,30,33)(H,31,32)/t14?,18-,23?/m1/s1. The van der Waals surface area contributed by atoms with Gasteiger partial charge in [0.2, 0.25) is 11.7 Å². The van der Waals surface area contributed by atoms with Gasteiger partial charge in [-0.25, -0.2) is 18.2 Å². The molecule has 4 aliphatic carbocycles. The summed E-state index contributed by atoms with van der Waals surface area (Å²) in [6.45, 7) is -0.265. The highest BCUT2D eigenvalue weighted by Crippen LogP contribution is 2.52. The molecule has 1 aromatic carbocycles. The van der Waals surface area contributed by atoms with Crippen molar-refractivity contribution in [1.82, 2.24) is 15.6 Å². The quantitative estimate of drug-likeness (QED) is 0.566. The minimum absolute atomic E-state index is 0.0274. The van der Waals surface area contributed by atoms with Crippen LogP contribution in [-0.2, 0) is 4.79 Å². The lowest BCUT2D eigenvalue weighted by Gasteiger charge is -2.39. The molecule has 188 valence electrons. The van der Waals surface area contributed by atoms with E-state index in [1.807, 2.05) is 0 Å². The highest BCUT2D eigenvalue weighted by molar-refractivity contribution is 6.30. The van der Waals surface area contributed by atoms with Crippen molar-refractivity contribution in [2.45, 2.75) is 68.4 Å². The first-order valence-corrected chi connectivity index (χ1v) is 12.0. The molecule has 0 radical (unpaired) electrons. The predicted octanol–water partition coefficient (Wildman–Crippen LogP) is 4.61. The summed E-state index contributed by atoms with van der Waals surface area (Å²) >= 11 is 5.64. The molecular formula is C24H25ClF3N3O4. The molecule has 1 heterocycles. The van der Waals surface area contributed by atoms with Crippen molar-refractivity contribution < 1.29 is 31.9 Å². The number of alkyl halides is 2. The average molecular weight is 512 g/mol. The fourth-order valence-corrected chi connectivity index (χ4v) is 5.58. The molecule has 11 heteroatoms.